The summed E-state index contributed by atoms with van der Waals surface area (Å²) < 4.78 is 0. The zero-order chi connectivity index (χ0) is 12.3. The van der Waals surface area contributed by atoms with Gasteiger partial charge >= 0.3 is 0 Å². The average Bonchev–Trinajstić information content (AvgIpc) is 2.74. The van der Waals surface area contributed by atoms with E-state index in [0.29, 0.717) is 0 Å². The number of pyridine rings is 1. The molecular weight excluding hydrogens is 230 g/mol. The average molecular weight is 247 g/mol. The van der Waals surface area contributed by atoms with Crippen LogP contribution in [0.2, 0.25) is 0 Å². The van der Waals surface area contributed by atoms with Gasteiger partial charge in [0.15, 0.2) is 0 Å². The normalized spacial score (nSPS) is 12.6. The molecule has 0 amide bonds. The van der Waals surface area contributed by atoms with Gasteiger partial charge < -0.3 is 5.32 Å². The van der Waals surface area contributed by atoms with Crippen molar-refractivity contribution < 1.29 is 0 Å². The molecule has 3 nitrogen and oxygen atoms in total. The van der Waals surface area contributed by atoms with Crippen molar-refractivity contribution in [2.24, 2.45) is 0 Å². The number of rotatable bonds is 4. The summed E-state index contributed by atoms with van der Waals surface area (Å²) in [6.45, 7) is 7.07. The molecule has 0 aromatic carbocycles. The Morgan fingerprint density at radius 1 is 1.24 bits per heavy atom. The highest BCUT2D eigenvalue weighted by molar-refractivity contribution is 7.11. The quantitative estimate of drug-likeness (QED) is 0.902. The minimum atomic E-state index is 0.208. The molecule has 0 saturated carbocycles. The standard InChI is InChI=1S/C13H17N3S/c1-4-14-13(12-8-16-10(3)17-12)11-6-5-9(2)15-7-11/h5-8,13-14H,4H2,1-3H3. The highest BCUT2D eigenvalue weighted by Crippen LogP contribution is 2.26. The van der Waals surface area contributed by atoms with Crippen LogP contribution >= 0.6 is 11.3 Å². The van der Waals surface area contributed by atoms with Gasteiger partial charge in [-0.05, 0) is 32.0 Å². The van der Waals surface area contributed by atoms with E-state index in [1.807, 2.05) is 32.3 Å². The smallest absolute Gasteiger partial charge is 0.0897 e. The fourth-order valence-electron chi connectivity index (χ4n) is 1.75. The Balaban J connectivity index is 2.31. The molecule has 0 saturated heterocycles. The van der Waals surface area contributed by atoms with E-state index < -0.39 is 0 Å². The van der Waals surface area contributed by atoms with Crippen molar-refractivity contribution in [2.45, 2.75) is 26.8 Å². The number of nitrogens with zero attached hydrogens (tertiary/aromatic N) is 2. The van der Waals surface area contributed by atoms with Gasteiger partial charge in [0.2, 0.25) is 0 Å². The van der Waals surface area contributed by atoms with Gasteiger partial charge in [0.1, 0.15) is 0 Å². The molecule has 0 aliphatic carbocycles. The van der Waals surface area contributed by atoms with E-state index in [9.17, 15) is 0 Å². The summed E-state index contributed by atoms with van der Waals surface area (Å²) in [5.74, 6) is 0. The Bertz CT molecular complexity index is 476. The number of aromatic nitrogens is 2. The number of hydrogen-bond acceptors (Lipinski definition) is 4. The van der Waals surface area contributed by atoms with E-state index in [0.717, 1.165) is 17.2 Å². The SMILES string of the molecule is CCNC(c1ccc(C)nc1)c1cnc(C)s1. The van der Waals surface area contributed by atoms with Crippen LogP contribution in [0.1, 0.15) is 34.1 Å². The maximum Gasteiger partial charge on any atom is 0.0897 e. The van der Waals surface area contributed by atoms with E-state index in [2.05, 4.69) is 28.3 Å². The Kier molecular flexibility index (Phi) is 3.86. The molecule has 2 heterocycles. The molecule has 4 heteroatoms. The zero-order valence-electron chi connectivity index (χ0n) is 10.4. The monoisotopic (exact) mass is 247 g/mol. The van der Waals surface area contributed by atoms with Gasteiger partial charge in [0.25, 0.3) is 0 Å². The van der Waals surface area contributed by atoms with Crippen molar-refractivity contribution >= 4 is 11.3 Å². The largest absolute Gasteiger partial charge is 0.306 e. The molecular formula is C13H17N3S. The molecule has 1 atom stereocenters. The van der Waals surface area contributed by atoms with Crippen molar-refractivity contribution in [1.82, 2.24) is 15.3 Å². The highest BCUT2D eigenvalue weighted by Gasteiger charge is 2.15. The van der Waals surface area contributed by atoms with Crippen LogP contribution in [0.3, 0.4) is 0 Å². The van der Waals surface area contributed by atoms with Gasteiger partial charge in [-0.25, -0.2) is 4.98 Å². The van der Waals surface area contributed by atoms with Crippen LogP contribution < -0.4 is 5.32 Å². The highest BCUT2D eigenvalue weighted by atomic mass is 32.1. The van der Waals surface area contributed by atoms with Crippen LogP contribution in [0.25, 0.3) is 0 Å². The maximum absolute atomic E-state index is 4.36. The Labute approximate surface area is 106 Å². The summed E-state index contributed by atoms with van der Waals surface area (Å²) in [5, 5.41) is 4.58. The minimum absolute atomic E-state index is 0.208. The molecule has 17 heavy (non-hydrogen) atoms. The molecule has 1 N–H and O–H groups in total. The van der Waals surface area contributed by atoms with Crippen molar-refractivity contribution in [2.75, 3.05) is 6.54 Å². The fraction of sp³-hybridized carbons (Fsp3) is 0.385. The first-order chi connectivity index (χ1) is 8.20. The second-order valence-corrected chi connectivity index (χ2v) is 5.27. The molecule has 2 rings (SSSR count). The molecule has 0 fully saturated rings. The Morgan fingerprint density at radius 2 is 2.06 bits per heavy atom. The van der Waals surface area contributed by atoms with E-state index in [1.54, 1.807) is 11.3 Å². The van der Waals surface area contributed by atoms with Gasteiger partial charge in [0, 0.05) is 23.0 Å². The number of thiazole rings is 1. The molecule has 90 valence electrons. The van der Waals surface area contributed by atoms with Crippen LogP contribution in [0, 0.1) is 13.8 Å². The summed E-state index contributed by atoms with van der Waals surface area (Å²) in [6, 6.07) is 4.39. The lowest BCUT2D eigenvalue weighted by Crippen LogP contribution is -2.21. The molecule has 2 aromatic rings. The van der Waals surface area contributed by atoms with Crippen LogP contribution in [0.15, 0.2) is 24.5 Å². The number of hydrogen-bond donors (Lipinski definition) is 1. The summed E-state index contributed by atoms with van der Waals surface area (Å²) in [5.41, 5.74) is 2.24. The van der Waals surface area contributed by atoms with E-state index >= 15 is 0 Å². The second-order valence-electron chi connectivity index (χ2n) is 4.01. The third-order valence-corrected chi connectivity index (χ3v) is 3.58. The summed E-state index contributed by atoms with van der Waals surface area (Å²) >= 11 is 1.73. The molecule has 2 aromatic heterocycles. The van der Waals surface area contributed by atoms with Crippen molar-refractivity contribution in [1.29, 1.82) is 0 Å². The van der Waals surface area contributed by atoms with Crippen LogP contribution in [-0.2, 0) is 0 Å². The second kappa shape index (κ2) is 5.38. The molecule has 0 aliphatic rings. The van der Waals surface area contributed by atoms with E-state index in [4.69, 9.17) is 0 Å². The van der Waals surface area contributed by atoms with Gasteiger partial charge in [-0.1, -0.05) is 13.0 Å². The molecule has 0 spiro atoms. The predicted octanol–water partition coefficient (Wildman–Crippen LogP) is 2.85. The first kappa shape index (κ1) is 12.2. The molecule has 1 unspecified atom stereocenters. The van der Waals surface area contributed by atoms with Gasteiger partial charge in [-0.15, -0.1) is 11.3 Å². The zero-order valence-corrected chi connectivity index (χ0v) is 11.2. The number of nitrogens with one attached hydrogen (secondary N) is 1. The van der Waals surface area contributed by atoms with Crippen LogP contribution in [0.5, 0.6) is 0 Å². The van der Waals surface area contributed by atoms with Crippen molar-refractivity contribution in [3.8, 4) is 0 Å². The lowest BCUT2D eigenvalue weighted by Gasteiger charge is -2.16. The van der Waals surface area contributed by atoms with Crippen molar-refractivity contribution in [3.63, 3.8) is 0 Å². The van der Waals surface area contributed by atoms with Gasteiger partial charge in [-0.2, -0.15) is 0 Å². The minimum Gasteiger partial charge on any atom is -0.306 e. The fourth-order valence-corrected chi connectivity index (χ4v) is 2.64. The topological polar surface area (TPSA) is 37.8 Å². The van der Waals surface area contributed by atoms with Crippen LogP contribution in [-0.4, -0.2) is 16.5 Å². The van der Waals surface area contributed by atoms with E-state index in [-0.39, 0.29) is 6.04 Å². The summed E-state index contributed by atoms with van der Waals surface area (Å²) in [6.07, 6.45) is 3.89. The Hall–Kier alpha value is -1.26. The molecule has 0 aliphatic heterocycles. The maximum atomic E-state index is 4.36. The Morgan fingerprint density at radius 3 is 2.59 bits per heavy atom. The third kappa shape index (κ3) is 2.90. The third-order valence-electron chi connectivity index (χ3n) is 2.60. The first-order valence-corrected chi connectivity index (χ1v) is 6.60. The number of aryl methyl sites for hydroxylation is 2. The van der Waals surface area contributed by atoms with Crippen LogP contribution in [0.4, 0.5) is 0 Å². The van der Waals surface area contributed by atoms with Gasteiger partial charge in [0.05, 0.1) is 11.0 Å². The predicted molar refractivity (Wildman–Crippen MR) is 71.3 cm³/mol. The summed E-state index contributed by atoms with van der Waals surface area (Å²) in [4.78, 5) is 9.93. The lowest BCUT2D eigenvalue weighted by molar-refractivity contribution is 0.636. The van der Waals surface area contributed by atoms with Gasteiger partial charge in [-0.3, -0.25) is 4.98 Å². The van der Waals surface area contributed by atoms with E-state index in [1.165, 1.54) is 10.4 Å². The lowest BCUT2D eigenvalue weighted by atomic mass is 10.1. The molecule has 0 radical (unpaired) electrons. The first-order valence-electron chi connectivity index (χ1n) is 5.79. The van der Waals surface area contributed by atoms with Crippen molar-refractivity contribution in [3.05, 3.63) is 45.7 Å². The molecule has 0 bridgehead atoms. The summed E-state index contributed by atoms with van der Waals surface area (Å²) in [7, 11) is 0.